The van der Waals surface area contributed by atoms with E-state index in [1.165, 1.54) is 70.4 Å². The van der Waals surface area contributed by atoms with Crippen LogP contribution in [0.4, 0.5) is 34.1 Å². The lowest BCUT2D eigenvalue weighted by atomic mass is 9.69. The van der Waals surface area contributed by atoms with E-state index in [9.17, 15) is 0 Å². The monoisotopic (exact) mass is 748 g/mol. The molecule has 2 nitrogen and oxygen atoms in total. The van der Waals surface area contributed by atoms with E-state index in [0.717, 1.165) is 42.0 Å². The van der Waals surface area contributed by atoms with Crippen molar-refractivity contribution in [2.75, 3.05) is 9.80 Å². The largest absolute Gasteiger partial charge is 0.310 e. The second kappa shape index (κ2) is 15.7. The van der Waals surface area contributed by atoms with Crippen molar-refractivity contribution < 1.29 is 0 Å². The molecule has 2 aliphatic rings. The summed E-state index contributed by atoms with van der Waals surface area (Å²) in [6, 6.07) is 76.2. The van der Waals surface area contributed by atoms with Gasteiger partial charge in [-0.25, -0.2) is 0 Å². The Kier molecular flexibility index (Phi) is 9.69. The summed E-state index contributed by atoms with van der Waals surface area (Å²) < 4.78 is 0. The van der Waals surface area contributed by atoms with Gasteiger partial charge in [0.25, 0.3) is 0 Å². The Morgan fingerprint density at radius 3 is 1.24 bits per heavy atom. The molecule has 0 bridgehead atoms. The van der Waals surface area contributed by atoms with Gasteiger partial charge >= 0.3 is 0 Å². The van der Waals surface area contributed by atoms with E-state index in [0.29, 0.717) is 0 Å². The third-order valence-electron chi connectivity index (χ3n) is 12.5. The summed E-state index contributed by atoms with van der Waals surface area (Å²) in [6.07, 6.45) is 8.12. The molecule has 0 N–H and O–H groups in total. The third-order valence-corrected chi connectivity index (χ3v) is 12.5. The third kappa shape index (κ3) is 6.59. The van der Waals surface area contributed by atoms with Gasteiger partial charge in [0.15, 0.2) is 0 Å². The van der Waals surface area contributed by atoms with Gasteiger partial charge in [0.1, 0.15) is 0 Å². The van der Waals surface area contributed by atoms with Crippen LogP contribution in [-0.4, -0.2) is 0 Å². The van der Waals surface area contributed by atoms with Crippen LogP contribution in [0.2, 0.25) is 0 Å². The average molecular weight is 749 g/mol. The van der Waals surface area contributed by atoms with E-state index >= 15 is 0 Å². The second-order valence-corrected chi connectivity index (χ2v) is 15.9. The topological polar surface area (TPSA) is 6.48 Å². The second-order valence-electron chi connectivity index (χ2n) is 15.9. The van der Waals surface area contributed by atoms with Gasteiger partial charge in [-0.15, -0.1) is 0 Å². The molecule has 0 fully saturated rings. The molecule has 282 valence electrons. The van der Waals surface area contributed by atoms with Gasteiger partial charge < -0.3 is 9.80 Å². The molecule has 2 heteroatoms. The average Bonchev–Trinajstić information content (AvgIpc) is 3.55. The number of hydrogen-bond donors (Lipinski definition) is 0. The summed E-state index contributed by atoms with van der Waals surface area (Å²) in [4.78, 5) is 4.82. The zero-order valence-corrected chi connectivity index (χ0v) is 33.0. The predicted molar refractivity (Wildman–Crippen MR) is 244 cm³/mol. The van der Waals surface area contributed by atoms with Crippen LogP contribution in [0.25, 0.3) is 11.1 Å². The Hall–Kier alpha value is -6.64. The van der Waals surface area contributed by atoms with Crippen molar-refractivity contribution in [1.82, 2.24) is 0 Å². The molecule has 0 atom stereocenters. The number of aryl methyl sites for hydroxylation is 3. The molecule has 8 aromatic rings. The summed E-state index contributed by atoms with van der Waals surface area (Å²) >= 11 is 0. The van der Waals surface area contributed by atoms with E-state index in [1.807, 2.05) is 0 Å². The molecular weight excluding hydrogens is 701 g/mol. The van der Waals surface area contributed by atoms with Crippen molar-refractivity contribution in [3.05, 3.63) is 240 Å². The molecule has 0 unspecified atom stereocenters. The first-order chi connectivity index (χ1) is 28.8. The normalized spacial score (nSPS) is 13.2. The minimum atomic E-state index is -0.355. The minimum Gasteiger partial charge on any atom is -0.310 e. The van der Waals surface area contributed by atoms with Gasteiger partial charge in [0, 0.05) is 39.5 Å². The van der Waals surface area contributed by atoms with Crippen LogP contribution in [0.15, 0.2) is 206 Å². The van der Waals surface area contributed by atoms with Gasteiger partial charge in [0.05, 0.1) is 0 Å². The molecule has 0 aromatic heterocycles. The van der Waals surface area contributed by atoms with Gasteiger partial charge in [0.2, 0.25) is 0 Å². The molecule has 0 saturated heterocycles. The van der Waals surface area contributed by atoms with Crippen molar-refractivity contribution >= 4 is 34.1 Å². The summed E-state index contributed by atoms with van der Waals surface area (Å²) in [5.74, 6) is 0. The van der Waals surface area contributed by atoms with Gasteiger partial charge in [-0.1, -0.05) is 146 Å². The lowest BCUT2D eigenvalue weighted by Crippen LogP contribution is -2.27. The summed E-state index contributed by atoms with van der Waals surface area (Å²) in [5.41, 5.74) is 17.9. The first-order valence-corrected chi connectivity index (χ1v) is 21.0. The Labute approximate surface area is 343 Å². The SMILES string of the molecule is c1ccc(N(c2ccccc2)c2ccc3c(c2)C(CCCCCc2ccc4c(c2)CC4)(c2ccccc2)c2cc(N(c4ccccc4)c4ccccc4)ccc2-3)cc1. The number of benzene rings is 8. The fourth-order valence-electron chi connectivity index (χ4n) is 9.61. The van der Waals surface area contributed by atoms with Crippen LogP contribution in [0.5, 0.6) is 0 Å². The van der Waals surface area contributed by atoms with Gasteiger partial charge in [-0.3, -0.25) is 0 Å². The van der Waals surface area contributed by atoms with Crippen molar-refractivity contribution in [2.24, 2.45) is 0 Å². The van der Waals surface area contributed by atoms with Crippen molar-refractivity contribution in [2.45, 2.75) is 50.4 Å². The number of anilines is 6. The summed E-state index contributed by atoms with van der Waals surface area (Å²) in [6.45, 7) is 0. The van der Waals surface area contributed by atoms with E-state index in [2.05, 4.69) is 216 Å². The van der Waals surface area contributed by atoms with E-state index in [-0.39, 0.29) is 5.41 Å². The molecule has 10 rings (SSSR count). The Morgan fingerprint density at radius 2 is 0.810 bits per heavy atom. The molecule has 2 aliphatic carbocycles. The molecule has 0 spiro atoms. The number of rotatable bonds is 13. The quantitative estimate of drug-likeness (QED) is 0.108. The van der Waals surface area contributed by atoms with E-state index < -0.39 is 0 Å². The Morgan fingerprint density at radius 1 is 0.362 bits per heavy atom. The fraction of sp³-hybridized carbons (Fsp3) is 0.143. The number of hydrogen-bond acceptors (Lipinski definition) is 2. The number of unbranched alkanes of at least 4 members (excludes halogenated alkanes) is 2. The lowest BCUT2D eigenvalue weighted by molar-refractivity contribution is 0.518. The van der Waals surface area contributed by atoms with Crippen LogP contribution < -0.4 is 9.80 Å². The number of para-hydroxylation sites is 4. The molecule has 0 saturated carbocycles. The van der Waals surface area contributed by atoms with Crippen molar-refractivity contribution in [3.8, 4) is 11.1 Å². The Balaban J connectivity index is 1.12. The standard InChI is InChI=1S/C56H48N2/c1-8-20-45(21-9-1)56(38-18-6-7-19-42-30-31-43-32-33-44(43)39-42)54-40-50(57(46-22-10-2-11-23-46)47-24-12-3-13-25-47)34-36-52(54)53-37-35-51(41-55(53)56)58(48-26-14-4-15-27-48)49-28-16-5-17-29-49/h1-5,8-17,20-31,34-37,39-41H,6-7,18-19,32-33,38H2. The fourth-order valence-corrected chi connectivity index (χ4v) is 9.61. The first-order valence-electron chi connectivity index (χ1n) is 21.0. The summed E-state index contributed by atoms with van der Waals surface area (Å²) in [5, 5.41) is 0. The van der Waals surface area contributed by atoms with E-state index in [1.54, 1.807) is 11.1 Å². The zero-order chi connectivity index (χ0) is 38.7. The highest BCUT2D eigenvalue weighted by Gasteiger charge is 2.45. The molecule has 8 aromatic carbocycles. The zero-order valence-electron chi connectivity index (χ0n) is 33.0. The van der Waals surface area contributed by atoms with Crippen molar-refractivity contribution in [3.63, 3.8) is 0 Å². The smallest absolute Gasteiger partial charge is 0.0465 e. The molecular formula is C56H48N2. The highest BCUT2D eigenvalue weighted by molar-refractivity contribution is 5.90. The maximum absolute atomic E-state index is 2.51. The van der Waals surface area contributed by atoms with Crippen LogP contribution in [0, 0.1) is 0 Å². The maximum Gasteiger partial charge on any atom is 0.0465 e. The first kappa shape index (κ1) is 35.8. The van der Waals surface area contributed by atoms with Crippen LogP contribution in [0.3, 0.4) is 0 Å². The van der Waals surface area contributed by atoms with Gasteiger partial charge in [-0.2, -0.15) is 0 Å². The molecule has 0 aliphatic heterocycles. The lowest BCUT2D eigenvalue weighted by Gasteiger charge is -2.35. The minimum absolute atomic E-state index is 0.355. The van der Waals surface area contributed by atoms with Crippen LogP contribution in [0.1, 0.15) is 59.1 Å². The van der Waals surface area contributed by atoms with Crippen molar-refractivity contribution in [1.29, 1.82) is 0 Å². The molecule has 0 amide bonds. The van der Waals surface area contributed by atoms with Gasteiger partial charge in [-0.05, 0) is 149 Å². The number of fused-ring (bicyclic) bond motifs is 4. The Bertz CT molecular complexity index is 2420. The molecule has 58 heavy (non-hydrogen) atoms. The highest BCUT2D eigenvalue weighted by Crippen LogP contribution is 2.57. The van der Waals surface area contributed by atoms with E-state index in [4.69, 9.17) is 0 Å². The summed E-state index contributed by atoms with van der Waals surface area (Å²) in [7, 11) is 0. The molecule has 0 radical (unpaired) electrons. The predicted octanol–water partition coefficient (Wildman–Crippen LogP) is 14.8. The number of nitrogens with zero attached hydrogens (tertiary/aromatic N) is 2. The van der Waals surface area contributed by atoms with Crippen LogP contribution in [-0.2, 0) is 24.7 Å². The highest BCUT2D eigenvalue weighted by atomic mass is 15.1. The van der Waals surface area contributed by atoms with Crippen LogP contribution >= 0.6 is 0 Å². The maximum atomic E-state index is 2.51. The molecule has 0 heterocycles.